The number of rotatable bonds is 3. The second-order valence-corrected chi connectivity index (χ2v) is 4.14. The van der Waals surface area contributed by atoms with Gasteiger partial charge in [-0.2, -0.15) is 5.10 Å². The van der Waals surface area contributed by atoms with E-state index in [1.54, 1.807) is 0 Å². The van der Waals surface area contributed by atoms with Crippen LogP contribution in [0.25, 0.3) is 0 Å². The molecule has 5 heteroatoms. The number of hydrogen-bond acceptors (Lipinski definition) is 4. The average molecular weight is 210 g/mol. The van der Waals surface area contributed by atoms with Crippen molar-refractivity contribution in [2.75, 3.05) is 25.1 Å². The first-order valence-electron chi connectivity index (χ1n) is 5.24. The maximum atomic E-state index is 5.90. The third-order valence-corrected chi connectivity index (χ3v) is 2.80. The second kappa shape index (κ2) is 4.20. The summed E-state index contributed by atoms with van der Waals surface area (Å²) in [4.78, 5) is 0. The minimum absolute atomic E-state index is 0.159. The Morgan fingerprint density at radius 2 is 2.47 bits per heavy atom. The summed E-state index contributed by atoms with van der Waals surface area (Å²) in [5, 5.41) is 7.61. The zero-order valence-corrected chi connectivity index (χ0v) is 9.23. The standard InChI is InChI=1S/C10H18N4O/c1-7-3-10(14(2)13-7)12-4-8-5-15-6-9(8)11/h3,8-9,12H,4-6,11H2,1-2H3. The monoisotopic (exact) mass is 210 g/mol. The summed E-state index contributed by atoms with van der Waals surface area (Å²) in [5.41, 5.74) is 6.92. The molecule has 1 fully saturated rings. The van der Waals surface area contributed by atoms with E-state index in [4.69, 9.17) is 10.5 Å². The Morgan fingerprint density at radius 1 is 1.67 bits per heavy atom. The maximum absolute atomic E-state index is 5.90. The Kier molecular flexibility index (Phi) is 2.93. The van der Waals surface area contributed by atoms with Crippen LogP contribution in [0, 0.1) is 12.8 Å². The number of hydrogen-bond donors (Lipinski definition) is 2. The zero-order valence-electron chi connectivity index (χ0n) is 9.23. The van der Waals surface area contributed by atoms with Gasteiger partial charge in [-0.15, -0.1) is 0 Å². The molecule has 1 saturated heterocycles. The first-order valence-corrected chi connectivity index (χ1v) is 5.24. The molecule has 0 amide bonds. The minimum Gasteiger partial charge on any atom is -0.379 e. The van der Waals surface area contributed by atoms with Gasteiger partial charge in [-0.1, -0.05) is 0 Å². The van der Waals surface area contributed by atoms with Gasteiger partial charge in [-0.25, -0.2) is 0 Å². The van der Waals surface area contributed by atoms with Crippen molar-refractivity contribution in [1.29, 1.82) is 0 Å². The van der Waals surface area contributed by atoms with Crippen LogP contribution in [0.2, 0.25) is 0 Å². The molecule has 0 saturated carbocycles. The summed E-state index contributed by atoms with van der Waals surface area (Å²) in [6.45, 7) is 4.26. The molecule has 0 aliphatic carbocycles. The van der Waals surface area contributed by atoms with Gasteiger partial charge < -0.3 is 15.8 Å². The van der Waals surface area contributed by atoms with Crippen molar-refractivity contribution in [1.82, 2.24) is 9.78 Å². The highest BCUT2D eigenvalue weighted by atomic mass is 16.5. The van der Waals surface area contributed by atoms with Crippen LogP contribution >= 0.6 is 0 Å². The molecule has 0 spiro atoms. The minimum atomic E-state index is 0.159. The van der Waals surface area contributed by atoms with Gasteiger partial charge in [0.2, 0.25) is 0 Å². The molecule has 0 radical (unpaired) electrons. The van der Waals surface area contributed by atoms with Crippen molar-refractivity contribution in [3.8, 4) is 0 Å². The lowest BCUT2D eigenvalue weighted by Gasteiger charge is -2.14. The summed E-state index contributed by atoms with van der Waals surface area (Å²) in [5.74, 6) is 1.44. The lowest BCUT2D eigenvalue weighted by atomic mass is 10.1. The average Bonchev–Trinajstić information content (AvgIpc) is 2.70. The number of anilines is 1. The van der Waals surface area contributed by atoms with E-state index in [1.165, 1.54) is 0 Å². The first kappa shape index (κ1) is 10.4. The molecule has 1 aliphatic heterocycles. The SMILES string of the molecule is Cc1cc(NCC2COCC2N)n(C)n1. The predicted octanol–water partition coefficient (Wildman–Crippen LogP) is 0.114. The fourth-order valence-electron chi connectivity index (χ4n) is 1.84. The molecule has 1 aromatic rings. The molecule has 0 aromatic carbocycles. The molecule has 84 valence electrons. The molecule has 0 bridgehead atoms. The van der Waals surface area contributed by atoms with E-state index in [9.17, 15) is 0 Å². The highest BCUT2D eigenvalue weighted by Gasteiger charge is 2.24. The Labute approximate surface area is 89.6 Å². The van der Waals surface area contributed by atoms with Crippen molar-refractivity contribution in [2.45, 2.75) is 13.0 Å². The molecule has 2 unspecified atom stereocenters. The predicted molar refractivity (Wildman–Crippen MR) is 58.7 cm³/mol. The molecule has 1 aromatic heterocycles. The van der Waals surface area contributed by atoms with Crippen LogP contribution in [0.3, 0.4) is 0 Å². The lowest BCUT2D eigenvalue weighted by molar-refractivity contribution is 0.185. The van der Waals surface area contributed by atoms with Gasteiger partial charge in [0.1, 0.15) is 5.82 Å². The van der Waals surface area contributed by atoms with E-state index in [-0.39, 0.29) is 6.04 Å². The summed E-state index contributed by atoms with van der Waals surface area (Å²) in [6, 6.07) is 2.19. The van der Waals surface area contributed by atoms with Crippen LogP contribution in [0.15, 0.2) is 6.07 Å². The normalized spacial score (nSPS) is 25.8. The molecule has 2 heterocycles. The Bertz CT molecular complexity index is 336. The van der Waals surface area contributed by atoms with Crippen LogP contribution in [-0.4, -0.2) is 35.6 Å². The van der Waals surface area contributed by atoms with E-state index in [0.29, 0.717) is 12.5 Å². The fourth-order valence-corrected chi connectivity index (χ4v) is 1.84. The van der Waals surface area contributed by atoms with Crippen LogP contribution < -0.4 is 11.1 Å². The fraction of sp³-hybridized carbons (Fsp3) is 0.700. The molecule has 2 rings (SSSR count). The summed E-state index contributed by atoms with van der Waals surface area (Å²) in [7, 11) is 1.93. The third-order valence-electron chi connectivity index (χ3n) is 2.80. The van der Waals surface area contributed by atoms with Gasteiger partial charge in [0.15, 0.2) is 0 Å². The summed E-state index contributed by atoms with van der Waals surface area (Å²) < 4.78 is 7.15. The van der Waals surface area contributed by atoms with Crippen molar-refractivity contribution < 1.29 is 4.74 Å². The third kappa shape index (κ3) is 2.30. The number of nitrogens with two attached hydrogens (primary N) is 1. The van der Waals surface area contributed by atoms with Gasteiger partial charge in [-0.3, -0.25) is 4.68 Å². The van der Waals surface area contributed by atoms with Crippen molar-refractivity contribution >= 4 is 5.82 Å². The summed E-state index contributed by atoms with van der Waals surface area (Å²) >= 11 is 0. The van der Waals surface area contributed by atoms with Crippen molar-refractivity contribution in [3.05, 3.63) is 11.8 Å². The Balaban J connectivity index is 1.90. The van der Waals surface area contributed by atoms with Crippen molar-refractivity contribution in [2.24, 2.45) is 18.7 Å². The summed E-state index contributed by atoms with van der Waals surface area (Å²) in [6.07, 6.45) is 0. The largest absolute Gasteiger partial charge is 0.379 e. The molecule has 3 N–H and O–H groups in total. The topological polar surface area (TPSA) is 65.1 Å². The molecule has 2 atom stereocenters. The number of nitrogens with one attached hydrogen (secondary N) is 1. The quantitative estimate of drug-likeness (QED) is 0.743. The molecule has 1 aliphatic rings. The first-order chi connectivity index (χ1) is 7.16. The van der Waals surface area contributed by atoms with Crippen LogP contribution in [0.1, 0.15) is 5.69 Å². The van der Waals surface area contributed by atoms with Gasteiger partial charge in [0, 0.05) is 31.6 Å². The van der Waals surface area contributed by atoms with E-state index in [0.717, 1.165) is 24.7 Å². The van der Waals surface area contributed by atoms with E-state index in [2.05, 4.69) is 10.4 Å². The molecular formula is C10H18N4O. The van der Waals surface area contributed by atoms with Crippen LogP contribution in [0.4, 0.5) is 5.82 Å². The lowest BCUT2D eigenvalue weighted by Crippen LogP contribution is -2.33. The van der Waals surface area contributed by atoms with Crippen LogP contribution in [-0.2, 0) is 11.8 Å². The maximum Gasteiger partial charge on any atom is 0.124 e. The van der Waals surface area contributed by atoms with Gasteiger partial charge >= 0.3 is 0 Å². The Hall–Kier alpha value is -1.07. The van der Waals surface area contributed by atoms with E-state index < -0.39 is 0 Å². The van der Waals surface area contributed by atoms with Crippen molar-refractivity contribution in [3.63, 3.8) is 0 Å². The number of aromatic nitrogens is 2. The van der Waals surface area contributed by atoms with E-state index >= 15 is 0 Å². The zero-order chi connectivity index (χ0) is 10.8. The molecule has 15 heavy (non-hydrogen) atoms. The number of aryl methyl sites for hydroxylation is 2. The molecule has 5 nitrogen and oxygen atoms in total. The highest BCUT2D eigenvalue weighted by Crippen LogP contribution is 2.14. The smallest absolute Gasteiger partial charge is 0.124 e. The van der Waals surface area contributed by atoms with Crippen LogP contribution in [0.5, 0.6) is 0 Å². The number of ether oxygens (including phenoxy) is 1. The highest BCUT2D eigenvalue weighted by molar-refractivity contribution is 5.36. The van der Waals surface area contributed by atoms with Gasteiger partial charge in [-0.05, 0) is 6.92 Å². The van der Waals surface area contributed by atoms with Gasteiger partial charge in [0.25, 0.3) is 0 Å². The van der Waals surface area contributed by atoms with E-state index in [1.807, 2.05) is 24.7 Å². The molecular weight excluding hydrogens is 192 g/mol. The van der Waals surface area contributed by atoms with Gasteiger partial charge in [0.05, 0.1) is 18.9 Å². The number of nitrogens with zero attached hydrogens (tertiary/aromatic N) is 2. The Morgan fingerprint density at radius 3 is 3.00 bits per heavy atom. The second-order valence-electron chi connectivity index (χ2n) is 4.14.